The lowest BCUT2D eigenvalue weighted by Crippen LogP contribution is -2.52. The van der Waals surface area contributed by atoms with Crippen molar-refractivity contribution in [2.45, 2.75) is 75.7 Å². The number of ether oxygens (including phenoxy) is 1. The van der Waals surface area contributed by atoms with Crippen molar-refractivity contribution in [1.29, 1.82) is 0 Å². The summed E-state index contributed by atoms with van der Waals surface area (Å²) in [5.41, 5.74) is 0. The standard InChI is InChI=1S/C25H36F3N3O4S/c1-18(2)29-13-15-30(16-14-29)24(32)20-5-7-21(8-6-20)31(17-19-3-4-19)36(33,34)23-11-9-22(10-12-23)35-25(26,27)28/h9-12,18-21H,3-8,13-17H2,1-2H3. The molecule has 4 rings (SSSR count). The maximum absolute atomic E-state index is 13.5. The third-order valence-electron chi connectivity index (χ3n) is 7.61. The van der Waals surface area contributed by atoms with Gasteiger partial charge in [-0.2, -0.15) is 4.31 Å². The molecule has 1 aromatic carbocycles. The quantitative estimate of drug-likeness (QED) is 0.505. The lowest BCUT2D eigenvalue weighted by atomic mass is 9.85. The molecule has 202 valence electrons. The molecule has 0 unspecified atom stereocenters. The number of hydrogen-bond donors (Lipinski definition) is 0. The minimum atomic E-state index is -4.84. The smallest absolute Gasteiger partial charge is 0.406 e. The Hall–Kier alpha value is -1.85. The van der Waals surface area contributed by atoms with E-state index in [1.165, 1.54) is 16.4 Å². The lowest BCUT2D eigenvalue weighted by Gasteiger charge is -2.40. The Balaban J connectivity index is 1.39. The van der Waals surface area contributed by atoms with Gasteiger partial charge in [0, 0.05) is 50.7 Å². The van der Waals surface area contributed by atoms with E-state index in [9.17, 15) is 26.4 Å². The van der Waals surface area contributed by atoms with Crippen LogP contribution in [0.25, 0.3) is 0 Å². The van der Waals surface area contributed by atoms with Crippen molar-refractivity contribution < 1.29 is 31.1 Å². The summed E-state index contributed by atoms with van der Waals surface area (Å²) in [7, 11) is -3.89. The monoisotopic (exact) mass is 531 g/mol. The molecule has 0 bridgehead atoms. The maximum Gasteiger partial charge on any atom is 0.573 e. The highest BCUT2D eigenvalue weighted by Crippen LogP contribution is 2.37. The lowest BCUT2D eigenvalue weighted by molar-refractivity contribution is -0.274. The number of amides is 1. The number of benzene rings is 1. The van der Waals surface area contributed by atoms with Crippen molar-refractivity contribution >= 4 is 15.9 Å². The Morgan fingerprint density at radius 1 is 1.00 bits per heavy atom. The van der Waals surface area contributed by atoms with Crippen LogP contribution in [0.3, 0.4) is 0 Å². The zero-order valence-electron chi connectivity index (χ0n) is 20.9. The van der Waals surface area contributed by atoms with Crippen LogP contribution < -0.4 is 4.74 Å². The van der Waals surface area contributed by atoms with Gasteiger partial charge in [0.25, 0.3) is 0 Å². The summed E-state index contributed by atoms with van der Waals surface area (Å²) in [6, 6.07) is 4.65. The summed E-state index contributed by atoms with van der Waals surface area (Å²) in [6.45, 7) is 7.93. The summed E-state index contributed by atoms with van der Waals surface area (Å²) < 4.78 is 69.9. The van der Waals surface area contributed by atoms with Gasteiger partial charge in [0.1, 0.15) is 5.75 Å². The number of hydrogen-bond acceptors (Lipinski definition) is 5. The molecule has 1 aliphatic heterocycles. The minimum Gasteiger partial charge on any atom is -0.406 e. The molecule has 0 N–H and O–H groups in total. The molecule has 7 nitrogen and oxygen atoms in total. The van der Waals surface area contributed by atoms with E-state index in [1.54, 1.807) is 0 Å². The Bertz CT molecular complexity index is 996. The van der Waals surface area contributed by atoms with Gasteiger partial charge >= 0.3 is 6.36 Å². The van der Waals surface area contributed by atoms with Gasteiger partial charge < -0.3 is 9.64 Å². The third kappa shape index (κ3) is 6.72. The fourth-order valence-electron chi connectivity index (χ4n) is 5.27. The van der Waals surface area contributed by atoms with E-state index < -0.39 is 22.1 Å². The average Bonchev–Trinajstić information content (AvgIpc) is 3.66. The van der Waals surface area contributed by atoms with Gasteiger partial charge in [0.2, 0.25) is 15.9 Å². The van der Waals surface area contributed by atoms with Gasteiger partial charge in [-0.25, -0.2) is 8.42 Å². The molecule has 2 saturated carbocycles. The van der Waals surface area contributed by atoms with Crippen molar-refractivity contribution in [3.8, 4) is 5.75 Å². The van der Waals surface area contributed by atoms with Crippen LogP contribution in [-0.4, -0.2) is 79.6 Å². The normalized spacial score (nSPS) is 24.4. The molecule has 3 fully saturated rings. The molecule has 0 aromatic heterocycles. The van der Waals surface area contributed by atoms with E-state index >= 15 is 0 Å². The average molecular weight is 532 g/mol. The maximum atomic E-state index is 13.5. The second-order valence-corrected chi connectivity index (χ2v) is 12.4. The van der Waals surface area contributed by atoms with Crippen molar-refractivity contribution in [3.63, 3.8) is 0 Å². The van der Waals surface area contributed by atoms with Gasteiger partial charge in [-0.05, 0) is 82.6 Å². The molecule has 1 saturated heterocycles. The molecule has 1 heterocycles. The Labute approximate surface area is 211 Å². The molecule has 3 aliphatic rings. The topological polar surface area (TPSA) is 70.2 Å². The number of carbonyl (C=O) groups is 1. The number of halogens is 3. The van der Waals surface area contributed by atoms with Gasteiger partial charge in [-0.15, -0.1) is 13.2 Å². The highest BCUT2D eigenvalue weighted by molar-refractivity contribution is 7.89. The van der Waals surface area contributed by atoms with E-state index in [-0.39, 0.29) is 22.8 Å². The Morgan fingerprint density at radius 3 is 2.08 bits per heavy atom. The first-order chi connectivity index (χ1) is 16.9. The molecule has 2 aliphatic carbocycles. The van der Waals surface area contributed by atoms with Crippen LogP contribution in [0.1, 0.15) is 52.4 Å². The van der Waals surface area contributed by atoms with Crippen LogP contribution in [0.2, 0.25) is 0 Å². The zero-order valence-corrected chi connectivity index (χ0v) is 21.7. The summed E-state index contributed by atoms with van der Waals surface area (Å²) in [5, 5.41) is 0. The van der Waals surface area contributed by atoms with E-state index in [4.69, 9.17) is 0 Å². The van der Waals surface area contributed by atoms with Crippen molar-refractivity contribution in [2.75, 3.05) is 32.7 Å². The van der Waals surface area contributed by atoms with Crippen LogP contribution in [0, 0.1) is 11.8 Å². The fraction of sp³-hybridized carbons (Fsp3) is 0.720. The second-order valence-electron chi connectivity index (χ2n) is 10.5. The summed E-state index contributed by atoms with van der Waals surface area (Å²) in [4.78, 5) is 17.4. The van der Waals surface area contributed by atoms with Crippen molar-refractivity contribution in [3.05, 3.63) is 24.3 Å². The molecule has 0 atom stereocenters. The molecular weight excluding hydrogens is 495 g/mol. The number of sulfonamides is 1. The minimum absolute atomic E-state index is 0.0427. The Morgan fingerprint density at radius 2 is 1.58 bits per heavy atom. The van der Waals surface area contributed by atoms with Gasteiger partial charge in [0.05, 0.1) is 4.90 Å². The van der Waals surface area contributed by atoms with Crippen LogP contribution in [0.4, 0.5) is 13.2 Å². The Kier molecular flexibility index (Phi) is 8.21. The van der Waals surface area contributed by atoms with Gasteiger partial charge in [0.15, 0.2) is 0 Å². The third-order valence-corrected chi connectivity index (χ3v) is 9.54. The number of carbonyl (C=O) groups excluding carboxylic acids is 1. The predicted molar refractivity (Wildman–Crippen MR) is 129 cm³/mol. The zero-order chi connectivity index (χ0) is 26.1. The first-order valence-electron chi connectivity index (χ1n) is 12.8. The van der Waals surface area contributed by atoms with E-state index in [0.717, 1.165) is 51.2 Å². The second kappa shape index (κ2) is 10.9. The van der Waals surface area contributed by atoms with Gasteiger partial charge in [-0.3, -0.25) is 9.69 Å². The number of rotatable bonds is 8. The number of piperazine rings is 1. The SMILES string of the molecule is CC(C)N1CCN(C(=O)C2CCC(N(CC3CC3)S(=O)(=O)c3ccc(OC(F)(F)F)cc3)CC2)CC1. The molecule has 11 heteroatoms. The molecule has 0 spiro atoms. The number of alkyl halides is 3. The van der Waals surface area contributed by atoms with Crippen LogP contribution in [0.5, 0.6) is 5.75 Å². The van der Waals surface area contributed by atoms with Gasteiger partial charge in [-0.1, -0.05) is 0 Å². The van der Waals surface area contributed by atoms with Crippen molar-refractivity contribution in [2.24, 2.45) is 11.8 Å². The summed E-state index contributed by atoms with van der Waals surface area (Å²) >= 11 is 0. The first kappa shape index (κ1) is 27.2. The molecule has 0 radical (unpaired) electrons. The molecule has 1 aromatic rings. The fourth-order valence-corrected chi connectivity index (χ4v) is 7.04. The van der Waals surface area contributed by atoms with E-state index in [1.807, 2.05) is 4.90 Å². The molecular formula is C25H36F3N3O4S. The van der Waals surface area contributed by atoms with Crippen LogP contribution in [-0.2, 0) is 14.8 Å². The highest BCUT2D eigenvalue weighted by Gasteiger charge is 2.40. The van der Waals surface area contributed by atoms with E-state index in [0.29, 0.717) is 44.2 Å². The largest absolute Gasteiger partial charge is 0.573 e. The van der Waals surface area contributed by atoms with Crippen LogP contribution in [0.15, 0.2) is 29.2 Å². The summed E-state index contributed by atoms with van der Waals surface area (Å²) in [5.74, 6) is -0.0579. The molecule has 36 heavy (non-hydrogen) atoms. The highest BCUT2D eigenvalue weighted by atomic mass is 32.2. The van der Waals surface area contributed by atoms with Crippen LogP contribution >= 0.6 is 0 Å². The first-order valence-corrected chi connectivity index (χ1v) is 14.3. The number of nitrogens with zero attached hydrogens (tertiary/aromatic N) is 3. The predicted octanol–water partition coefficient (Wildman–Crippen LogP) is 4.10. The molecule has 1 amide bonds. The van der Waals surface area contributed by atoms with Crippen molar-refractivity contribution in [1.82, 2.24) is 14.1 Å². The summed E-state index contributed by atoms with van der Waals surface area (Å²) in [6.07, 6.45) is -0.406. The van der Waals surface area contributed by atoms with E-state index in [2.05, 4.69) is 23.5 Å².